The van der Waals surface area contributed by atoms with Crippen molar-refractivity contribution in [2.24, 2.45) is 5.41 Å². The van der Waals surface area contributed by atoms with Crippen molar-refractivity contribution < 1.29 is 14.3 Å². The van der Waals surface area contributed by atoms with E-state index in [1.54, 1.807) is 0 Å². The first-order valence-electron chi connectivity index (χ1n) is 5.76. The molecule has 1 aromatic rings. The number of rotatable bonds is 1. The van der Waals surface area contributed by atoms with Crippen LogP contribution in [0, 0.1) is 5.41 Å². The molecule has 0 radical (unpaired) electrons. The third kappa shape index (κ3) is 1.70. The molecule has 0 aromatic heterocycles. The summed E-state index contributed by atoms with van der Waals surface area (Å²) in [6.45, 7) is 5.99. The first kappa shape index (κ1) is 12.0. The summed E-state index contributed by atoms with van der Waals surface area (Å²) < 4.78 is 10.9. The van der Waals surface area contributed by atoms with Crippen molar-refractivity contribution in [3.63, 3.8) is 0 Å². The number of ether oxygens (including phenoxy) is 2. The lowest BCUT2D eigenvalue weighted by molar-refractivity contribution is -0.167. The smallest absolute Gasteiger partial charge is 0.351 e. The van der Waals surface area contributed by atoms with Gasteiger partial charge in [0.05, 0.1) is 7.11 Å². The Kier molecular flexibility index (Phi) is 2.64. The lowest BCUT2D eigenvalue weighted by Crippen LogP contribution is -2.54. The van der Waals surface area contributed by atoms with Gasteiger partial charge in [-0.15, -0.1) is 0 Å². The summed E-state index contributed by atoms with van der Waals surface area (Å²) in [6, 6.07) is 7.75. The van der Waals surface area contributed by atoms with E-state index in [9.17, 15) is 4.79 Å². The van der Waals surface area contributed by atoms with Gasteiger partial charge in [-0.25, -0.2) is 4.79 Å². The van der Waals surface area contributed by atoms with Crippen molar-refractivity contribution in [3.05, 3.63) is 29.8 Å². The van der Waals surface area contributed by atoms with E-state index in [2.05, 4.69) is 0 Å². The summed E-state index contributed by atoms with van der Waals surface area (Å²) in [6.07, 6.45) is 0.569. The summed E-state index contributed by atoms with van der Waals surface area (Å²) in [4.78, 5) is 12.1. The summed E-state index contributed by atoms with van der Waals surface area (Å²) in [5.74, 6) is 0.481. The lowest BCUT2D eigenvalue weighted by atomic mass is 9.74. The zero-order valence-corrected chi connectivity index (χ0v) is 10.7. The highest BCUT2D eigenvalue weighted by molar-refractivity contribution is 5.83. The molecule has 1 heterocycles. The van der Waals surface area contributed by atoms with Crippen LogP contribution in [0.5, 0.6) is 5.75 Å². The Hall–Kier alpha value is -1.51. The third-order valence-electron chi connectivity index (χ3n) is 3.42. The molecule has 0 fully saturated rings. The van der Waals surface area contributed by atoms with Gasteiger partial charge in [0.15, 0.2) is 0 Å². The van der Waals surface area contributed by atoms with Gasteiger partial charge in [-0.2, -0.15) is 0 Å². The summed E-state index contributed by atoms with van der Waals surface area (Å²) >= 11 is 0. The molecular formula is C14H18O3. The number of esters is 1. The van der Waals surface area contributed by atoms with E-state index < -0.39 is 5.60 Å². The zero-order chi connectivity index (χ0) is 12.7. The molecule has 1 aliphatic rings. The molecular weight excluding hydrogens is 216 g/mol. The summed E-state index contributed by atoms with van der Waals surface area (Å²) in [5, 5.41) is 0. The molecule has 92 valence electrons. The van der Waals surface area contributed by atoms with E-state index in [-0.39, 0.29) is 11.4 Å². The van der Waals surface area contributed by atoms with Gasteiger partial charge in [-0.1, -0.05) is 39.0 Å². The van der Waals surface area contributed by atoms with Crippen molar-refractivity contribution in [3.8, 4) is 5.75 Å². The molecule has 0 bridgehead atoms. The van der Waals surface area contributed by atoms with Crippen LogP contribution in [0.25, 0.3) is 0 Å². The average molecular weight is 234 g/mol. The van der Waals surface area contributed by atoms with Gasteiger partial charge in [0.1, 0.15) is 5.75 Å². The Labute approximate surface area is 102 Å². The number of carbonyl (C=O) groups excluding carboxylic acids is 1. The van der Waals surface area contributed by atoms with E-state index in [1.807, 2.05) is 45.0 Å². The van der Waals surface area contributed by atoms with Gasteiger partial charge >= 0.3 is 5.97 Å². The Morgan fingerprint density at radius 1 is 1.35 bits per heavy atom. The molecule has 0 saturated heterocycles. The van der Waals surface area contributed by atoms with Crippen molar-refractivity contribution in [2.75, 3.05) is 7.11 Å². The third-order valence-corrected chi connectivity index (χ3v) is 3.42. The monoisotopic (exact) mass is 234 g/mol. The normalized spacial score (nSPS) is 22.8. The molecule has 2 rings (SSSR count). The molecule has 0 saturated carbocycles. The number of benzene rings is 1. The number of hydrogen-bond donors (Lipinski definition) is 0. The molecule has 0 N–H and O–H groups in total. The number of methoxy groups -OCH3 is 1. The maximum Gasteiger partial charge on any atom is 0.351 e. The number of hydrogen-bond acceptors (Lipinski definition) is 3. The SMILES string of the molecule is COC(=O)[C@]1(C(C)(C)C)Cc2ccccc2O1. The summed E-state index contributed by atoms with van der Waals surface area (Å²) in [7, 11) is 1.40. The van der Waals surface area contributed by atoms with Gasteiger partial charge in [0.25, 0.3) is 0 Å². The molecule has 0 aliphatic carbocycles. The zero-order valence-electron chi connectivity index (χ0n) is 10.7. The molecule has 0 amide bonds. The predicted octanol–water partition coefficient (Wildman–Crippen LogP) is 2.58. The second-order valence-electron chi connectivity index (χ2n) is 5.46. The fourth-order valence-electron chi connectivity index (χ4n) is 2.24. The minimum atomic E-state index is -0.911. The van der Waals surface area contributed by atoms with E-state index in [0.29, 0.717) is 6.42 Å². The first-order chi connectivity index (χ1) is 7.90. The van der Waals surface area contributed by atoms with Crippen LogP contribution >= 0.6 is 0 Å². The van der Waals surface area contributed by atoms with Crippen LogP contribution in [0.1, 0.15) is 26.3 Å². The van der Waals surface area contributed by atoms with Crippen molar-refractivity contribution in [2.45, 2.75) is 32.8 Å². The van der Waals surface area contributed by atoms with Gasteiger partial charge < -0.3 is 9.47 Å². The quantitative estimate of drug-likeness (QED) is 0.701. The van der Waals surface area contributed by atoms with E-state index in [1.165, 1.54) is 7.11 Å². The average Bonchev–Trinajstić information content (AvgIpc) is 2.67. The van der Waals surface area contributed by atoms with Crippen molar-refractivity contribution in [1.82, 2.24) is 0 Å². The van der Waals surface area contributed by atoms with E-state index in [0.717, 1.165) is 11.3 Å². The Morgan fingerprint density at radius 2 is 2.00 bits per heavy atom. The highest BCUT2D eigenvalue weighted by Gasteiger charge is 2.55. The molecule has 1 atom stereocenters. The van der Waals surface area contributed by atoms with Crippen LogP contribution in [-0.4, -0.2) is 18.7 Å². The molecule has 1 aromatic carbocycles. The van der Waals surface area contributed by atoms with Gasteiger partial charge in [0.2, 0.25) is 5.60 Å². The predicted molar refractivity (Wildman–Crippen MR) is 65.0 cm³/mol. The van der Waals surface area contributed by atoms with Crippen LogP contribution in [0.15, 0.2) is 24.3 Å². The summed E-state index contributed by atoms with van der Waals surface area (Å²) in [5.41, 5.74) is -0.169. The Morgan fingerprint density at radius 3 is 2.53 bits per heavy atom. The largest absolute Gasteiger partial charge is 0.474 e. The molecule has 0 spiro atoms. The molecule has 3 heteroatoms. The Bertz CT molecular complexity index is 418. The van der Waals surface area contributed by atoms with Crippen LogP contribution in [0.3, 0.4) is 0 Å². The second kappa shape index (κ2) is 3.76. The molecule has 17 heavy (non-hydrogen) atoms. The van der Waals surface area contributed by atoms with Gasteiger partial charge in [0, 0.05) is 11.8 Å². The number of fused-ring (bicyclic) bond motifs is 1. The number of carbonyl (C=O) groups is 1. The lowest BCUT2D eigenvalue weighted by Gasteiger charge is -2.37. The fraction of sp³-hybridized carbons (Fsp3) is 0.500. The molecule has 3 nitrogen and oxygen atoms in total. The highest BCUT2D eigenvalue weighted by atomic mass is 16.6. The minimum Gasteiger partial charge on any atom is -0.474 e. The molecule has 1 aliphatic heterocycles. The van der Waals surface area contributed by atoms with Gasteiger partial charge in [-0.05, 0) is 11.6 Å². The highest BCUT2D eigenvalue weighted by Crippen LogP contribution is 2.45. The second-order valence-corrected chi connectivity index (χ2v) is 5.46. The number of para-hydroxylation sites is 1. The Balaban J connectivity index is 2.46. The minimum absolute atomic E-state index is 0.304. The maximum absolute atomic E-state index is 12.1. The van der Waals surface area contributed by atoms with Crippen LogP contribution < -0.4 is 4.74 Å². The van der Waals surface area contributed by atoms with Gasteiger partial charge in [-0.3, -0.25) is 0 Å². The van der Waals surface area contributed by atoms with Crippen LogP contribution in [0.2, 0.25) is 0 Å². The van der Waals surface area contributed by atoms with Crippen molar-refractivity contribution >= 4 is 5.97 Å². The first-order valence-corrected chi connectivity index (χ1v) is 5.76. The topological polar surface area (TPSA) is 35.5 Å². The standard InChI is InChI=1S/C14H18O3/c1-13(2,3)14(12(15)16-4)9-10-7-5-6-8-11(10)17-14/h5-8H,9H2,1-4H3/t14-/m0/s1. The molecule has 0 unspecified atom stereocenters. The fourth-order valence-corrected chi connectivity index (χ4v) is 2.24. The maximum atomic E-state index is 12.1. The van der Waals surface area contributed by atoms with Crippen LogP contribution in [-0.2, 0) is 16.0 Å². The van der Waals surface area contributed by atoms with Crippen LogP contribution in [0.4, 0.5) is 0 Å². The van der Waals surface area contributed by atoms with E-state index in [4.69, 9.17) is 9.47 Å². The van der Waals surface area contributed by atoms with E-state index >= 15 is 0 Å². The van der Waals surface area contributed by atoms with Crippen molar-refractivity contribution in [1.29, 1.82) is 0 Å².